The highest BCUT2D eigenvalue weighted by Gasteiger charge is 2.07. The maximum Gasteiger partial charge on any atom is 0.139 e. The molecule has 0 atom stereocenters. The Morgan fingerprint density at radius 2 is 1.89 bits per heavy atom. The fourth-order valence-electron chi connectivity index (χ4n) is 1.57. The summed E-state index contributed by atoms with van der Waals surface area (Å²) in [6, 6.07) is 8.33. The van der Waals surface area contributed by atoms with Crippen molar-refractivity contribution in [3.05, 3.63) is 45.1 Å². The molecule has 100 valence electrons. The molecular weight excluding hydrogens is 379 g/mol. The van der Waals surface area contributed by atoms with Gasteiger partial charge in [0.05, 0.1) is 27.4 Å². The van der Waals surface area contributed by atoms with Crippen molar-refractivity contribution in [1.29, 1.82) is 0 Å². The van der Waals surface area contributed by atoms with Gasteiger partial charge < -0.3 is 15.8 Å². The number of halogens is 3. The highest BCUT2D eigenvalue weighted by Crippen LogP contribution is 2.32. The molecule has 0 radical (unpaired) electrons. The number of ether oxygens (including phenoxy) is 1. The van der Waals surface area contributed by atoms with Crippen LogP contribution < -0.4 is 15.8 Å². The molecule has 2 aromatic carbocycles. The lowest BCUT2D eigenvalue weighted by atomic mass is 10.2. The maximum atomic E-state index is 13.5. The molecule has 3 N–H and O–H groups in total. The number of rotatable bonds is 3. The fraction of sp³-hybridized carbons (Fsp3) is 0.0769. The van der Waals surface area contributed by atoms with E-state index < -0.39 is 0 Å². The molecule has 0 saturated carbocycles. The predicted molar refractivity (Wildman–Crippen MR) is 82.5 cm³/mol. The van der Waals surface area contributed by atoms with Crippen LogP contribution in [0.4, 0.5) is 21.5 Å². The molecule has 0 aliphatic rings. The second-order valence-electron chi connectivity index (χ2n) is 3.83. The van der Waals surface area contributed by atoms with Crippen LogP contribution in [0.1, 0.15) is 0 Å². The fourth-order valence-corrected chi connectivity index (χ4v) is 2.47. The number of nitrogen functional groups attached to an aromatic ring is 1. The van der Waals surface area contributed by atoms with Crippen molar-refractivity contribution in [1.82, 2.24) is 0 Å². The summed E-state index contributed by atoms with van der Waals surface area (Å²) in [4.78, 5) is 0. The summed E-state index contributed by atoms with van der Waals surface area (Å²) in [5.74, 6) is 0.352. The van der Waals surface area contributed by atoms with E-state index in [2.05, 4.69) is 37.2 Å². The highest BCUT2D eigenvalue weighted by atomic mass is 79.9. The van der Waals surface area contributed by atoms with E-state index in [1.54, 1.807) is 13.2 Å². The van der Waals surface area contributed by atoms with Crippen LogP contribution in [0.25, 0.3) is 0 Å². The van der Waals surface area contributed by atoms with Crippen molar-refractivity contribution >= 4 is 48.9 Å². The Morgan fingerprint density at radius 3 is 2.53 bits per heavy atom. The zero-order chi connectivity index (χ0) is 14.0. The molecular formula is C13H11Br2FN2O. The predicted octanol–water partition coefficient (Wildman–Crippen LogP) is 4.69. The van der Waals surface area contributed by atoms with Crippen LogP contribution in [0.2, 0.25) is 0 Å². The minimum Gasteiger partial charge on any atom is -0.496 e. The van der Waals surface area contributed by atoms with E-state index in [0.717, 1.165) is 15.9 Å². The quantitative estimate of drug-likeness (QED) is 0.749. The van der Waals surface area contributed by atoms with E-state index in [0.29, 0.717) is 15.8 Å². The molecule has 0 heterocycles. The molecule has 0 aromatic heterocycles. The van der Waals surface area contributed by atoms with Gasteiger partial charge >= 0.3 is 0 Å². The van der Waals surface area contributed by atoms with Crippen LogP contribution in [0.3, 0.4) is 0 Å². The molecule has 0 bridgehead atoms. The van der Waals surface area contributed by atoms with Crippen LogP contribution in [-0.2, 0) is 0 Å². The van der Waals surface area contributed by atoms with Gasteiger partial charge in [0.2, 0.25) is 0 Å². The van der Waals surface area contributed by atoms with E-state index in [4.69, 9.17) is 10.5 Å². The van der Waals surface area contributed by atoms with Gasteiger partial charge in [-0.25, -0.2) is 4.39 Å². The summed E-state index contributed by atoms with van der Waals surface area (Å²) in [5, 5.41) is 3.06. The van der Waals surface area contributed by atoms with Gasteiger partial charge in [-0.1, -0.05) is 0 Å². The molecule has 2 aromatic rings. The molecule has 0 saturated heterocycles. The summed E-state index contributed by atoms with van der Waals surface area (Å²) < 4.78 is 19.8. The first-order chi connectivity index (χ1) is 9.01. The van der Waals surface area contributed by atoms with Crippen molar-refractivity contribution < 1.29 is 9.13 Å². The van der Waals surface area contributed by atoms with Gasteiger partial charge in [0.25, 0.3) is 0 Å². The van der Waals surface area contributed by atoms with Crippen molar-refractivity contribution in [2.45, 2.75) is 0 Å². The second kappa shape index (κ2) is 5.79. The third-order valence-electron chi connectivity index (χ3n) is 2.52. The zero-order valence-electron chi connectivity index (χ0n) is 10.0. The minimum absolute atomic E-state index is 0.339. The Labute approximate surface area is 127 Å². The van der Waals surface area contributed by atoms with E-state index in [1.165, 1.54) is 12.1 Å². The number of hydrogen-bond acceptors (Lipinski definition) is 3. The molecule has 3 nitrogen and oxygen atoms in total. The highest BCUT2D eigenvalue weighted by molar-refractivity contribution is 9.10. The molecule has 6 heteroatoms. The summed E-state index contributed by atoms with van der Waals surface area (Å²) in [5.41, 5.74) is 7.59. The molecule has 0 unspecified atom stereocenters. The number of hydrogen-bond donors (Lipinski definition) is 2. The SMILES string of the molecule is COc1ccc(Nc2cc(F)c(Br)cc2N)cc1Br. The Bertz CT molecular complexity index is 620. The van der Waals surface area contributed by atoms with Gasteiger partial charge in [-0.05, 0) is 56.1 Å². The lowest BCUT2D eigenvalue weighted by Crippen LogP contribution is -1.98. The van der Waals surface area contributed by atoms with Gasteiger partial charge in [0.15, 0.2) is 0 Å². The number of anilines is 3. The lowest BCUT2D eigenvalue weighted by molar-refractivity contribution is 0.412. The Kier molecular flexibility index (Phi) is 4.31. The monoisotopic (exact) mass is 388 g/mol. The summed E-state index contributed by atoms with van der Waals surface area (Å²) >= 11 is 6.48. The van der Waals surface area contributed by atoms with Crippen molar-refractivity contribution in [2.75, 3.05) is 18.2 Å². The Morgan fingerprint density at radius 1 is 1.16 bits per heavy atom. The van der Waals surface area contributed by atoms with Crippen LogP contribution in [0.5, 0.6) is 5.75 Å². The van der Waals surface area contributed by atoms with Crippen molar-refractivity contribution in [3.8, 4) is 5.75 Å². The molecule has 2 rings (SSSR count). The second-order valence-corrected chi connectivity index (χ2v) is 5.54. The maximum absolute atomic E-state index is 13.5. The smallest absolute Gasteiger partial charge is 0.139 e. The van der Waals surface area contributed by atoms with Crippen LogP contribution in [-0.4, -0.2) is 7.11 Å². The first kappa shape index (κ1) is 14.1. The van der Waals surface area contributed by atoms with Gasteiger partial charge in [0, 0.05) is 11.8 Å². The number of benzene rings is 2. The van der Waals surface area contributed by atoms with Gasteiger partial charge in [-0.2, -0.15) is 0 Å². The first-order valence-corrected chi connectivity index (χ1v) is 6.95. The number of nitrogens with one attached hydrogen (secondary N) is 1. The van der Waals surface area contributed by atoms with Crippen molar-refractivity contribution in [2.24, 2.45) is 0 Å². The Hall–Kier alpha value is -1.27. The normalized spacial score (nSPS) is 10.3. The molecule has 19 heavy (non-hydrogen) atoms. The van der Waals surface area contributed by atoms with Gasteiger partial charge in [-0.3, -0.25) is 0 Å². The van der Waals surface area contributed by atoms with Gasteiger partial charge in [0.1, 0.15) is 11.6 Å². The van der Waals surface area contributed by atoms with E-state index >= 15 is 0 Å². The topological polar surface area (TPSA) is 47.3 Å². The van der Waals surface area contributed by atoms with E-state index in [9.17, 15) is 4.39 Å². The minimum atomic E-state index is -0.371. The van der Waals surface area contributed by atoms with Crippen LogP contribution in [0.15, 0.2) is 39.3 Å². The molecule has 0 fully saturated rings. The van der Waals surface area contributed by atoms with Crippen molar-refractivity contribution in [3.63, 3.8) is 0 Å². The standard InChI is InChI=1S/C13H11Br2FN2O/c1-19-13-3-2-7(4-9(13)15)18-12-6-10(16)8(14)5-11(12)17/h2-6,18H,17H2,1H3. The molecule has 0 amide bonds. The van der Waals surface area contributed by atoms with Crippen LogP contribution >= 0.6 is 31.9 Å². The molecule has 0 aliphatic carbocycles. The zero-order valence-corrected chi connectivity index (χ0v) is 13.2. The lowest BCUT2D eigenvalue weighted by Gasteiger charge is -2.12. The number of nitrogens with two attached hydrogens (primary N) is 1. The number of methoxy groups -OCH3 is 1. The summed E-state index contributed by atoms with van der Waals surface area (Å²) in [7, 11) is 1.59. The molecule has 0 spiro atoms. The van der Waals surface area contributed by atoms with E-state index in [-0.39, 0.29) is 5.82 Å². The summed E-state index contributed by atoms with van der Waals surface area (Å²) in [6.45, 7) is 0. The van der Waals surface area contributed by atoms with Crippen LogP contribution in [0, 0.1) is 5.82 Å². The Balaban J connectivity index is 2.31. The van der Waals surface area contributed by atoms with Gasteiger partial charge in [-0.15, -0.1) is 0 Å². The average molecular weight is 390 g/mol. The average Bonchev–Trinajstić information content (AvgIpc) is 2.36. The van der Waals surface area contributed by atoms with E-state index in [1.807, 2.05) is 12.1 Å². The first-order valence-electron chi connectivity index (χ1n) is 5.36. The third-order valence-corrected chi connectivity index (χ3v) is 3.75. The third kappa shape index (κ3) is 3.19. The largest absolute Gasteiger partial charge is 0.496 e. The summed E-state index contributed by atoms with van der Waals surface area (Å²) in [6.07, 6.45) is 0. The molecule has 0 aliphatic heterocycles.